The van der Waals surface area contributed by atoms with E-state index in [1.54, 1.807) is 4.90 Å². The van der Waals surface area contributed by atoms with Crippen molar-refractivity contribution in [3.8, 4) is 0 Å². The number of nitrogens with one attached hydrogen (secondary N) is 1. The van der Waals surface area contributed by atoms with Gasteiger partial charge in [0.05, 0.1) is 11.7 Å². The van der Waals surface area contributed by atoms with Gasteiger partial charge in [-0.2, -0.15) is 0 Å². The van der Waals surface area contributed by atoms with E-state index in [0.29, 0.717) is 44.1 Å². The second kappa shape index (κ2) is 4.64. The molecular weight excluding hydrogens is 249 g/mol. The highest BCUT2D eigenvalue weighted by Gasteiger charge is 2.36. The second-order valence-electron chi connectivity index (χ2n) is 4.79. The highest BCUT2D eigenvalue weighted by molar-refractivity contribution is 5.77. The predicted molar refractivity (Wildman–Crippen MR) is 67.5 cm³/mol. The summed E-state index contributed by atoms with van der Waals surface area (Å²) in [5, 5.41) is 2.80. The molecule has 102 valence electrons. The number of hydrogen-bond acceptors (Lipinski definition) is 4. The molecule has 1 atom stereocenters. The molecule has 2 aliphatic rings. The molecule has 0 radical (unpaired) electrons. The van der Waals surface area contributed by atoms with Crippen LogP contribution in [0.3, 0.4) is 0 Å². The van der Waals surface area contributed by atoms with E-state index in [1.165, 1.54) is 6.33 Å². The van der Waals surface area contributed by atoms with Crippen LogP contribution in [0, 0.1) is 5.82 Å². The molecular formula is C12H16FN5O. The van der Waals surface area contributed by atoms with E-state index in [1.807, 2.05) is 11.8 Å². The summed E-state index contributed by atoms with van der Waals surface area (Å²) in [6.07, 6.45) is 1.95. The smallest absolute Gasteiger partial charge is 0.317 e. The molecule has 7 heteroatoms. The number of rotatable bonds is 2. The lowest BCUT2D eigenvalue weighted by molar-refractivity contribution is 0.197. The van der Waals surface area contributed by atoms with Crippen molar-refractivity contribution in [1.29, 1.82) is 0 Å². The number of aryl methyl sites for hydroxylation is 1. The lowest BCUT2D eigenvalue weighted by Gasteiger charge is -2.37. The zero-order chi connectivity index (χ0) is 13.4. The Morgan fingerprint density at radius 3 is 3.11 bits per heavy atom. The normalized spacial score (nSPS) is 22.4. The lowest BCUT2D eigenvalue weighted by Crippen LogP contribution is -2.52. The van der Waals surface area contributed by atoms with Gasteiger partial charge in [0.1, 0.15) is 6.33 Å². The summed E-state index contributed by atoms with van der Waals surface area (Å²) in [6, 6.07) is 0.0720. The number of halogens is 1. The molecule has 0 aliphatic carbocycles. The van der Waals surface area contributed by atoms with E-state index in [9.17, 15) is 9.18 Å². The topological polar surface area (TPSA) is 61.4 Å². The number of aromatic nitrogens is 2. The van der Waals surface area contributed by atoms with Crippen molar-refractivity contribution < 1.29 is 9.18 Å². The van der Waals surface area contributed by atoms with Gasteiger partial charge in [0.25, 0.3) is 0 Å². The Kier molecular flexibility index (Phi) is 2.96. The minimum Gasteiger partial charge on any atom is -0.350 e. The van der Waals surface area contributed by atoms with Crippen molar-refractivity contribution >= 4 is 11.8 Å². The number of piperazine rings is 1. The fourth-order valence-corrected chi connectivity index (χ4v) is 2.66. The monoisotopic (exact) mass is 265 g/mol. The number of carbonyl (C=O) groups is 1. The van der Waals surface area contributed by atoms with Crippen LogP contribution in [0.2, 0.25) is 0 Å². The summed E-state index contributed by atoms with van der Waals surface area (Å²) >= 11 is 0. The number of urea groups is 1. The number of carbonyl (C=O) groups excluding carboxylic acids is 1. The molecule has 2 amide bonds. The third-order valence-corrected chi connectivity index (χ3v) is 3.71. The average molecular weight is 265 g/mol. The van der Waals surface area contributed by atoms with Crippen LogP contribution in [0.15, 0.2) is 6.33 Å². The van der Waals surface area contributed by atoms with E-state index in [2.05, 4.69) is 15.3 Å². The van der Waals surface area contributed by atoms with Crippen LogP contribution in [0.4, 0.5) is 15.0 Å². The molecule has 1 unspecified atom stereocenters. The fourth-order valence-electron chi connectivity index (χ4n) is 2.66. The van der Waals surface area contributed by atoms with Crippen LogP contribution in [0.25, 0.3) is 0 Å². The highest BCUT2D eigenvalue weighted by atomic mass is 19.1. The van der Waals surface area contributed by atoms with E-state index >= 15 is 0 Å². The summed E-state index contributed by atoms with van der Waals surface area (Å²) in [4.78, 5) is 23.2. The predicted octanol–water partition coefficient (Wildman–Crippen LogP) is 0.392. The Morgan fingerprint density at radius 2 is 2.32 bits per heavy atom. The molecule has 0 saturated carbocycles. The molecule has 3 heterocycles. The number of amides is 2. The van der Waals surface area contributed by atoms with E-state index in [-0.39, 0.29) is 17.9 Å². The Morgan fingerprint density at radius 1 is 1.47 bits per heavy atom. The van der Waals surface area contributed by atoms with Gasteiger partial charge in [-0.3, -0.25) is 0 Å². The number of fused-ring (bicyclic) bond motifs is 1. The molecule has 6 nitrogen and oxygen atoms in total. The largest absolute Gasteiger partial charge is 0.350 e. The molecule has 1 N–H and O–H groups in total. The van der Waals surface area contributed by atoms with E-state index in [0.717, 1.165) is 0 Å². The lowest BCUT2D eigenvalue weighted by atomic mass is 10.2. The zero-order valence-electron chi connectivity index (χ0n) is 10.8. The Hall–Kier alpha value is -1.92. The third kappa shape index (κ3) is 1.98. The van der Waals surface area contributed by atoms with Crippen molar-refractivity contribution in [2.24, 2.45) is 0 Å². The van der Waals surface area contributed by atoms with Crippen LogP contribution in [0.5, 0.6) is 0 Å². The van der Waals surface area contributed by atoms with Crippen LogP contribution in [-0.2, 0) is 6.42 Å². The van der Waals surface area contributed by atoms with Crippen LogP contribution >= 0.6 is 0 Å². The van der Waals surface area contributed by atoms with Crippen LogP contribution in [-0.4, -0.2) is 53.1 Å². The molecule has 3 rings (SSSR count). The standard InChI is InChI=1S/C12H16FN5O/c1-2-9-10(13)11(16-7-15-9)17-3-4-18-8(6-17)5-14-12(18)19/h7-8H,2-6H2,1H3,(H,14,19). The van der Waals surface area contributed by atoms with Crippen molar-refractivity contribution in [2.45, 2.75) is 19.4 Å². The second-order valence-corrected chi connectivity index (χ2v) is 4.79. The summed E-state index contributed by atoms with van der Waals surface area (Å²) < 4.78 is 14.2. The third-order valence-electron chi connectivity index (χ3n) is 3.71. The minimum atomic E-state index is -0.337. The van der Waals surface area contributed by atoms with Crippen molar-refractivity contribution in [2.75, 3.05) is 31.1 Å². The first-order chi connectivity index (χ1) is 9.20. The van der Waals surface area contributed by atoms with Gasteiger partial charge in [0.2, 0.25) is 0 Å². The molecule has 0 spiro atoms. The number of anilines is 1. The van der Waals surface area contributed by atoms with Crippen LogP contribution in [0.1, 0.15) is 12.6 Å². The van der Waals surface area contributed by atoms with Crippen molar-refractivity contribution in [3.05, 3.63) is 17.8 Å². The quantitative estimate of drug-likeness (QED) is 0.840. The SMILES string of the molecule is CCc1ncnc(N2CCN3C(=O)NCC3C2)c1F. The molecule has 0 bridgehead atoms. The Labute approximate surface area is 110 Å². The maximum absolute atomic E-state index is 14.2. The van der Waals surface area contributed by atoms with Gasteiger partial charge in [-0.25, -0.2) is 19.2 Å². The van der Waals surface area contributed by atoms with Gasteiger partial charge >= 0.3 is 6.03 Å². The zero-order valence-corrected chi connectivity index (χ0v) is 10.8. The number of hydrogen-bond donors (Lipinski definition) is 1. The molecule has 0 aromatic carbocycles. The molecule has 2 aliphatic heterocycles. The van der Waals surface area contributed by atoms with Gasteiger partial charge in [-0.05, 0) is 6.42 Å². The van der Waals surface area contributed by atoms with Crippen LogP contribution < -0.4 is 10.2 Å². The summed E-state index contributed by atoms with van der Waals surface area (Å²) in [7, 11) is 0. The molecule has 2 fully saturated rings. The summed E-state index contributed by atoms with van der Waals surface area (Å²) in [5.74, 6) is 0.0154. The van der Waals surface area contributed by atoms with Gasteiger partial charge in [0.15, 0.2) is 11.6 Å². The Balaban J connectivity index is 1.83. The minimum absolute atomic E-state index is 0.0259. The first kappa shape index (κ1) is 12.1. The van der Waals surface area contributed by atoms with Gasteiger partial charge < -0.3 is 15.1 Å². The number of nitrogens with zero attached hydrogens (tertiary/aromatic N) is 4. The van der Waals surface area contributed by atoms with Crippen molar-refractivity contribution in [3.63, 3.8) is 0 Å². The van der Waals surface area contributed by atoms with E-state index in [4.69, 9.17) is 0 Å². The van der Waals surface area contributed by atoms with Gasteiger partial charge in [-0.1, -0.05) is 6.92 Å². The van der Waals surface area contributed by atoms with E-state index < -0.39 is 0 Å². The maximum Gasteiger partial charge on any atom is 0.317 e. The molecule has 1 aromatic rings. The average Bonchev–Trinajstić information content (AvgIpc) is 2.80. The summed E-state index contributed by atoms with van der Waals surface area (Å²) in [6.45, 7) is 4.29. The molecule has 2 saturated heterocycles. The first-order valence-electron chi connectivity index (χ1n) is 6.49. The fraction of sp³-hybridized carbons (Fsp3) is 0.583. The molecule has 19 heavy (non-hydrogen) atoms. The first-order valence-corrected chi connectivity index (χ1v) is 6.49. The van der Waals surface area contributed by atoms with Crippen molar-refractivity contribution in [1.82, 2.24) is 20.2 Å². The Bertz CT molecular complexity index is 509. The molecule has 1 aromatic heterocycles. The maximum atomic E-state index is 14.2. The van der Waals surface area contributed by atoms with Gasteiger partial charge in [-0.15, -0.1) is 0 Å². The van der Waals surface area contributed by atoms with Gasteiger partial charge in [0, 0.05) is 26.2 Å². The summed E-state index contributed by atoms with van der Waals surface area (Å²) in [5.41, 5.74) is 0.438. The highest BCUT2D eigenvalue weighted by Crippen LogP contribution is 2.23.